The second-order valence-corrected chi connectivity index (χ2v) is 7.26. The maximum Gasteiger partial charge on any atom is 0.232 e. The van der Waals surface area contributed by atoms with Crippen LogP contribution in [0.5, 0.6) is 0 Å². The summed E-state index contributed by atoms with van der Waals surface area (Å²) in [6, 6.07) is 9.47. The van der Waals surface area contributed by atoms with Crippen molar-refractivity contribution in [3.05, 3.63) is 51.3 Å². The SMILES string of the molecule is CC(=O)c1sc(NC(=O)Cc2csc(C)n2)nc1-c1ccccc1. The number of ketones is 1. The molecule has 0 spiro atoms. The van der Waals surface area contributed by atoms with E-state index in [-0.39, 0.29) is 18.1 Å². The Balaban J connectivity index is 1.81. The Morgan fingerprint density at radius 3 is 2.54 bits per heavy atom. The molecule has 2 aromatic heterocycles. The molecule has 1 aromatic carbocycles. The fourth-order valence-electron chi connectivity index (χ4n) is 2.22. The van der Waals surface area contributed by atoms with Crippen LogP contribution in [0.15, 0.2) is 35.7 Å². The molecule has 1 amide bonds. The monoisotopic (exact) mass is 357 g/mol. The number of amides is 1. The van der Waals surface area contributed by atoms with Crippen molar-refractivity contribution in [3.8, 4) is 11.3 Å². The van der Waals surface area contributed by atoms with E-state index in [1.807, 2.05) is 42.6 Å². The molecule has 24 heavy (non-hydrogen) atoms. The van der Waals surface area contributed by atoms with Crippen molar-refractivity contribution in [2.45, 2.75) is 20.3 Å². The first-order valence-corrected chi connectivity index (χ1v) is 9.00. The largest absolute Gasteiger partial charge is 0.302 e. The van der Waals surface area contributed by atoms with Crippen molar-refractivity contribution >= 4 is 39.5 Å². The van der Waals surface area contributed by atoms with Crippen molar-refractivity contribution < 1.29 is 9.59 Å². The van der Waals surface area contributed by atoms with Gasteiger partial charge in [0, 0.05) is 17.9 Å². The highest BCUT2D eigenvalue weighted by Crippen LogP contribution is 2.31. The zero-order chi connectivity index (χ0) is 17.1. The van der Waals surface area contributed by atoms with Crippen LogP contribution in [-0.2, 0) is 11.2 Å². The summed E-state index contributed by atoms with van der Waals surface area (Å²) in [6.07, 6.45) is 0.194. The number of aryl methyl sites for hydroxylation is 1. The first-order chi connectivity index (χ1) is 11.5. The molecule has 0 radical (unpaired) electrons. The van der Waals surface area contributed by atoms with E-state index in [4.69, 9.17) is 0 Å². The van der Waals surface area contributed by atoms with Crippen molar-refractivity contribution in [1.82, 2.24) is 9.97 Å². The molecule has 0 aliphatic heterocycles. The van der Waals surface area contributed by atoms with E-state index in [0.29, 0.717) is 15.7 Å². The molecular weight excluding hydrogens is 342 g/mol. The van der Waals surface area contributed by atoms with Crippen LogP contribution in [0.3, 0.4) is 0 Å². The Morgan fingerprint density at radius 1 is 1.17 bits per heavy atom. The molecule has 3 rings (SSSR count). The summed E-state index contributed by atoms with van der Waals surface area (Å²) in [5.74, 6) is -0.259. The Labute approximate surface area is 147 Å². The number of benzene rings is 1. The molecule has 0 saturated carbocycles. The second kappa shape index (κ2) is 7.02. The predicted molar refractivity (Wildman–Crippen MR) is 96.7 cm³/mol. The maximum atomic E-state index is 12.2. The van der Waals surface area contributed by atoms with Crippen LogP contribution in [0.25, 0.3) is 11.3 Å². The number of nitrogens with one attached hydrogen (secondary N) is 1. The molecule has 0 unspecified atom stereocenters. The van der Waals surface area contributed by atoms with E-state index in [9.17, 15) is 9.59 Å². The maximum absolute atomic E-state index is 12.2. The van der Waals surface area contributed by atoms with Crippen LogP contribution in [0, 0.1) is 6.92 Å². The third-order valence-electron chi connectivity index (χ3n) is 3.25. The number of thiazole rings is 2. The number of anilines is 1. The zero-order valence-electron chi connectivity index (χ0n) is 13.2. The van der Waals surface area contributed by atoms with E-state index >= 15 is 0 Å². The first-order valence-electron chi connectivity index (χ1n) is 7.31. The molecule has 7 heteroatoms. The van der Waals surface area contributed by atoms with Crippen LogP contribution in [0.2, 0.25) is 0 Å². The van der Waals surface area contributed by atoms with Gasteiger partial charge in [0.15, 0.2) is 10.9 Å². The highest BCUT2D eigenvalue weighted by Gasteiger charge is 2.18. The quantitative estimate of drug-likeness (QED) is 0.702. The standard InChI is InChI=1S/C17H15N3O2S2/c1-10(21)16-15(12-6-4-3-5-7-12)20-17(24-16)19-14(22)8-13-9-23-11(2)18-13/h3-7,9H,8H2,1-2H3,(H,19,20,22). The van der Waals surface area contributed by atoms with Gasteiger partial charge in [-0.05, 0) is 6.92 Å². The topological polar surface area (TPSA) is 72.0 Å². The number of nitrogens with zero attached hydrogens (tertiary/aromatic N) is 2. The van der Waals surface area contributed by atoms with Gasteiger partial charge < -0.3 is 5.32 Å². The highest BCUT2D eigenvalue weighted by molar-refractivity contribution is 7.18. The van der Waals surface area contributed by atoms with Crippen LogP contribution in [0.1, 0.15) is 27.3 Å². The summed E-state index contributed by atoms with van der Waals surface area (Å²) in [4.78, 5) is 33.3. The van der Waals surface area contributed by atoms with Gasteiger partial charge in [-0.15, -0.1) is 11.3 Å². The molecule has 122 valence electrons. The van der Waals surface area contributed by atoms with Crippen molar-refractivity contribution in [1.29, 1.82) is 0 Å². The van der Waals surface area contributed by atoms with Crippen LogP contribution in [0.4, 0.5) is 5.13 Å². The Hall–Kier alpha value is -2.38. The van der Waals surface area contributed by atoms with Crippen LogP contribution in [-0.4, -0.2) is 21.7 Å². The number of rotatable bonds is 5. The number of hydrogen-bond acceptors (Lipinski definition) is 6. The summed E-state index contributed by atoms with van der Waals surface area (Å²) in [6.45, 7) is 3.40. The normalized spacial score (nSPS) is 10.6. The first kappa shape index (κ1) is 16.5. The van der Waals surface area contributed by atoms with Gasteiger partial charge in [0.1, 0.15) is 0 Å². The van der Waals surface area contributed by atoms with Crippen LogP contribution < -0.4 is 5.32 Å². The molecule has 3 aromatic rings. The minimum absolute atomic E-state index is 0.0676. The molecule has 2 heterocycles. The van der Waals surface area contributed by atoms with Crippen molar-refractivity contribution in [3.63, 3.8) is 0 Å². The molecule has 5 nitrogen and oxygen atoms in total. The van der Waals surface area contributed by atoms with Gasteiger partial charge >= 0.3 is 0 Å². The minimum atomic E-state index is -0.191. The van der Waals surface area contributed by atoms with Crippen molar-refractivity contribution in [2.24, 2.45) is 0 Å². The van der Waals surface area contributed by atoms with Gasteiger partial charge in [-0.1, -0.05) is 41.7 Å². The van der Waals surface area contributed by atoms with E-state index in [1.165, 1.54) is 29.6 Å². The molecule has 0 fully saturated rings. The second-order valence-electron chi connectivity index (χ2n) is 5.20. The molecular formula is C17H15N3O2S2. The fourth-order valence-corrected chi connectivity index (χ4v) is 3.73. The smallest absolute Gasteiger partial charge is 0.232 e. The number of aromatic nitrogens is 2. The average molecular weight is 357 g/mol. The summed E-state index contributed by atoms with van der Waals surface area (Å²) in [5.41, 5.74) is 2.20. The lowest BCUT2D eigenvalue weighted by atomic mass is 10.1. The number of carbonyl (C=O) groups excluding carboxylic acids is 2. The Kier molecular flexibility index (Phi) is 4.82. The minimum Gasteiger partial charge on any atom is -0.302 e. The van der Waals surface area contributed by atoms with E-state index in [1.54, 1.807) is 0 Å². The summed E-state index contributed by atoms with van der Waals surface area (Å²) >= 11 is 2.71. The van der Waals surface area contributed by atoms with Crippen molar-refractivity contribution in [2.75, 3.05) is 5.32 Å². The Bertz CT molecular complexity index is 884. The molecule has 0 bridgehead atoms. The van der Waals surface area contributed by atoms with Gasteiger partial charge in [-0.2, -0.15) is 0 Å². The number of hydrogen-bond donors (Lipinski definition) is 1. The Morgan fingerprint density at radius 2 is 1.92 bits per heavy atom. The third-order valence-corrected chi connectivity index (χ3v) is 5.14. The summed E-state index contributed by atoms with van der Waals surface area (Å²) in [7, 11) is 0. The highest BCUT2D eigenvalue weighted by atomic mass is 32.1. The molecule has 0 aliphatic rings. The predicted octanol–water partition coefficient (Wildman–Crippen LogP) is 3.96. The summed E-state index contributed by atoms with van der Waals surface area (Å²) < 4.78 is 0. The average Bonchev–Trinajstić information content (AvgIpc) is 3.14. The van der Waals surface area contributed by atoms with Gasteiger partial charge in [-0.25, -0.2) is 9.97 Å². The molecule has 1 N–H and O–H groups in total. The van der Waals surface area contributed by atoms with E-state index in [2.05, 4.69) is 15.3 Å². The molecule has 0 atom stereocenters. The summed E-state index contributed by atoms with van der Waals surface area (Å²) in [5, 5.41) is 5.99. The van der Waals surface area contributed by atoms with E-state index < -0.39 is 0 Å². The third kappa shape index (κ3) is 3.74. The lowest BCUT2D eigenvalue weighted by Gasteiger charge is -1.99. The van der Waals surface area contributed by atoms with Gasteiger partial charge in [0.25, 0.3) is 0 Å². The van der Waals surface area contributed by atoms with Gasteiger partial charge in [-0.3, -0.25) is 9.59 Å². The lowest BCUT2D eigenvalue weighted by molar-refractivity contribution is -0.115. The van der Waals surface area contributed by atoms with E-state index in [0.717, 1.165) is 16.3 Å². The number of carbonyl (C=O) groups is 2. The van der Waals surface area contributed by atoms with Gasteiger partial charge in [0.2, 0.25) is 5.91 Å². The zero-order valence-corrected chi connectivity index (χ0v) is 14.8. The van der Waals surface area contributed by atoms with Crippen LogP contribution >= 0.6 is 22.7 Å². The van der Waals surface area contributed by atoms with Gasteiger partial charge in [0.05, 0.1) is 27.7 Å². The molecule has 0 saturated heterocycles. The number of Topliss-reactive ketones (excluding diaryl/α,β-unsaturated/α-hetero) is 1. The fraction of sp³-hybridized carbons (Fsp3) is 0.176. The molecule has 0 aliphatic carbocycles. The lowest BCUT2D eigenvalue weighted by Crippen LogP contribution is -2.14.